The standard InChI is InChI=1S/C13H20N2O4/c1-13(18,5-6-19-2)8-15-12(17)9-3-4-10(14)11(16)7-9/h3-4,7,16,18H,5-6,8,14H2,1-2H3,(H,15,17). The third-order valence-corrected chi connectivity index (χ3v) is 2.77. The van der Waals surface area contributed by atoms with E-state index in [1.165, 1.54) is 18.2 Å². The molecule has 0 aromatic heterocycles. The molecule has 0 heterocycles. The fraction of sp³-hybridized carbons (Fsp3) is 0.462. The van der Waals surface area contributed by atoms with Crippen molar-refractivity contribution < 1.29 is 19.7 Å². The number of amides is 1. The number of aromatic hydroxyl groups is 1. The van der Waals surface area contributed by atoms with Crippen LogP contribution in [0.25, 0.3) is 0 Å². The lowest BCUT2D eigenvalue weighted by Gasteiger charge is -2.23. The highest BCUT2D eigenvalue weighted by molar-refractivity contribution is 5.95. The zero-order valence-electron chi connectivity index (χ0n) is 11.1. The Balaban J connectivity index is 2.57. The van der Waals surface area contributed by atoms with Gasteiger partial charge in [-0.3, -0.25) is 4.79 Å². The summed E-state index contributed by atoms with van der Waals surface area (Å²) in [5.41, 5.74) is 4.91. The molecule has 1 unspecified atom stereocenters. The van der Waals surface area contributed by atoms with Crippen molar-refractivity contribution in [1.29, 1.82) is 0 Å². The Bertz CT molecular complexity index is 446. The molecule has 0 bridgehead atoms. The molecule has 5 N–H and O–H groups in total. The van der Waals surface area contributed by atoms with Crippen LogP contribution in [0.2, 0.25) is 0 Å². The lowest BCUT2D eigenvalue weighted by Crippen LogP contribution is -2.41. The summed E-state index contributed by atoms with van der Waals surface area (Å²) in [6.45, 7) is 2.12. The number of phenols is 1. The summed E-state index contributed by atoms with van der Waals surface area (Å²) in [6.07, 6.45) is 0.413. The van der Waals surface area contributed by atoms with Gasteiger partial charge in [0.15, 0.2) is 0 Å². The number of rotatable bonds is 6. The summed E-state index contributed by atoms with van der Waals surface area (Å²) in [5.74, 6) is -0.521. The molecule has 0 saturated carbocycles. The quantitative estimate of drug-likeness (QED) is 0.444. The summed E-state index contributed by atoms with van der Waals surface area (Å²) in [5, 5.41) is 22.0. The van der Waals surface area contributed by atoms with Crippen LogP contribution in [0, 0.1) is 0 Å². The Labute approximate surface area is 112 Å². The fourth-order valence-electron chi connectivity index (χ4n) is 1.47. The van der Waals surface area contributed by atoms with E-state index in [4.69, 9.17) is 10.5 Å². The summed E-state index contributed by atoms with van der Waals surface area (Å²) >= 11 is 0. The van der Waals surface area contributed by atoms with Crippen molar-refractivity contribution in [2.24, 2.45) is 0 Å². The predicted octanol–water partition coefficient (Wildman–Crippen LogP) is 0.492. The number of nitrogens with two attached hydrogens (primary N) is 1. The number of anilines is 1. The lowest BCUT2D eigenvalue weighted by molar-refractivity contribution is 0.0243. The van der Waals surface area contributed by atoms with Crippen LogP contribution >= 0.6 is 0 Å². The van der Waals surface area contributed by atoms with Gasteiger partial charge < -0.3 is 26.0 Å². The highest BCUT2D eigenvalue weighted by Gasteiger charge is 2.21. The van der Waals surface area contributed by atoms with Crippen molar-refractivity contribution >= 4 is 11.6 Å². The minimum atomic E-state index is -1.04. The van der Waals surface area contributed by atoms with Gasteiger partial charge in [0.1, 0.15) is 5.75 Å². The molecule has 1 amide bonds. The van der Waals surface area contributed by atoms with E-state index in [9.17, 15) is 15.0 Å². The average Bonchev–Trinajstić information content (AvgIpc) is 2.37. The topological polar surface area (TPSA) is 105 Å². The molecule has 0 aliphatic carbocycles. The van der Waals surface area contributed by atoms with Crippen molar-refractivity contribution in [2.75, 3.05) is 26.0 Å². The first-order valence-electron chi connectivity index (χ1n) is 5.94. The van der Waals surface area contributed by atoms with Crippen molar-refractivity contribution in [3.8, 4) is 5.75 Å². The van der Waals surface area contributed by atoms with E-state index in [-0.39, 0.29) is 29.5 Å². The maximum Gasteiger partial charge on any atom is 0.251 e. The number of benzene rings is 1. The number of carbonyl (C=O) groups excluding carboxylic acids is 1. The smallest absolute Gasteiger partial charge is 0.251 e. The first-order chi connectivity index (χ1) is 8.85. The third-order valence-electron chi connectivity index (χ3n) is 2.77. The van der Waals surface area contributed by atoms with Crippen molar-refractivity contribution in [3.05, 3.63) is 23.8 Å². The van der Waals surface area contributed by atoms with Gasteiger partial charge in [0, 0.05) is 32.2 Å². The molecule has 106 valence electrons. The highest BCUT2D eigenvalue weighted by Crippen LogP contribution is 2.20. The molecule has 1 atom stereocenters. The molecular formula is C13H20N2O4. The van der Waals surface area contributed by atoms with Gasteiger partial charge in [-0.1, -0.05) is 0 Å². The lowest BCUT2D eigenvalue weighted by atomic mass is 10.0. The molecule has 6 heteroatoms. The molecule has 19 heavy (non-hydrogen) atoms. The number of hydrogen-bond donors (Lipinski definition) is 4. The number of nitrogen functional groups attached to an aromatic ring is 1. The highest BCUT2D eigenvalue weighted by atomic mass is 16.5. The number of methoxy groups -OCH3 is 1. The molecular weight excluding hydrogens is 248 g/mol. The second kappa shape index (κ2) is 6.40. The number of ether oxygens (including phenoxy) is 1. The number of phenolic OH excluding ortho intramolecular Hbond substituents is 1. The Morgan fingerprint density at radius 3 is 2.79 bits per heavy atom. The van der Waals surface area contributed by atoms with Gasteiger partial charge in [0.05, 0.1) is 11.3 Å². The zero-order chi connectivity index (χ0) is 14.5. The second-order valence-corrected chi connectivity index (χ2v) is 4.70. The van der Waals surface area contributed by atoms with E-state index in [1.807, 2.05) is 0 Å². The predicted molar refractivity (Wildman–Crippen MR) is 72.0 cm³/mol. The van der Waals surface area contributed by atoms with Gasteiger partial charge in [-0.15, -0.1) is 0 Å². The maximum atomic E-state index is 11.8. The van der Waals surface area contributed by atoms with Crippen LogP contribution in [-0.2, 0) is 4.74 Å². The Kier molecular flexibility index (Phi) is 5.14. The Morgan fingerprint density at radius 2 is 2.21 bits per heavy atom. The SMILES string of the molecule is COCCC(C)(O)CNC(=O)c1ccc(N)c(O)c1. The van der Waals surface area contributed by atoms with E-state index in [2.05, 4.69) is 5.32 Å². The van der Waals surface area contributed by atoms with E-state index in [0.29, 0.717) is 13.0 Å². The van der Waals surface area contributed by atoms with Gasteiger partial charge >= 0.3 is 0 Å². The summed E-state index contributed by atoms with van der Waals surface area (Å²) in [6, 6.07) is 4.25. The zero-order valence-corrected chi connectivity index (χ0v) is 11.1. The molecule has 0 aliphatic rings. The minimum absolute atomic E-state index is 0.0976. The third kappa shape index (κ3) is 4.76. The van der Waals surface area contributed by atoms with E-state index >= 15 is 0 Å². The minimum Gasteiger partial charge on any atom is -0.506 e. The molecule has 0 fully saturated rings. The van der Waals surface area contributed by atoms with Crippen LogP contribution in [0.3, 0.4) is 0 Å². The first-order valence-corrected chi connectivity index (χ1v) is 5.94. The van der Waals surface area contributed by atoms with Crippen molar-refractivity contribution in [1.82, 2.24) is 5.32 Å². The molecule has 0 spiro atoms. The van der Waals surface area contributed by atoms with Crippen LogP contribution in [0.15, 0.2) is 18.2 Å². The molecule has 1 aromatic rings. The fourth-order valence-corrected chi connectivity index (χ4v) is 1.47. The first kappa shape index (κ1) is 15.3. The number of nitrogens with one attached hydrogen (secondary N) is 1. The monoisotopic (exact) mass is 268 g/mol. The molecule has 0 saturated heterocycles. The molecule has 0 radical (unpaired) electrons. The molecule has 1 rings (SSSR count). The van der Waals surface area contributed by atoms with Crippen LogP contribution in [0.1, 0.15) is 23.7 Å². The molecule has 6 nitrogen and oxygen atoms in total. The van der Waals surface area contributed by atoms with Crippen LogP contribution in [0.4, 0.5) is 5.69 Å². The van der Waals surface area contributed by atoms with E-state index in [0.717, 1.165) is 0 Å². The Morgan fingerprint density at radius 1 is 1.53 bits per heavy atom. The Hall–Kier alpha value is -1.79. The number of hydrogen-bond acceptors (Lipinski definition) is 5. The van der Waals surface area contributed by atoms with Crippen molar-refractivity contribution in [2.45, 2.75) is 18.9 Å². The van der Waals surface area contributed by atoms with Gasteiger partial charge in [-0.25, -0.2) is 0 Å². The van der Waals surface area contributed by atoms with Crippen molar-refractivity contribution in [3.63, 3.8) is 0 Å². The number of aliphatic hydroxyl groups is 1. The van der Waals surface area contributed by atoms with Gasteiger partial charge in [0.25, 0.3) is 5.91 Å². The van der Waals surface area contributed by atoms with Gasteiger partial charge in [0.2, 0.25) is 0 Å². The normalized spacial score (nSPS) is 13.8. The molecule has 0 aliphatic heterocycles. The van der Waals surface area contributed by atoms with Crippen LogP contribution in [0.5, 0.6) is 5.75 Å². The average molecular weight is 268 g/mol. The van der Waals surface area contributed by atoms with Crippen LogP contribution < -0.4 is 11.1 Å². The summed E-state index contributed by atoms with van der Waals surface area (Å²) < 4.78 is 4.88. The second-order valence-electron chi connectivity index (χ2n) is 4.70. The van der Waals surface area contributed by atoms with E-state index < -0.39 is 5.60 Å². The summed E-state index contributed by atoms with van der Waals surface area (Å²) in [4.78, 5) is 11.8. The summed E-state index contributed by atoms with van der Waals surface area (Å²) in [7, 11) is 1.55. The van der Waals surface area contributed by atoms with Gasteiger partial charge in [-0.05, 0) is 25.1 Å². The molecule has 1 aromatic carbocycles. The van der Waals surface area contributed by atoms with Crippen LogP contribution in [-0.4, -0.2) is 42.0 Å². The number of carbonyl (C=O) groups is 1. The van der Waals surface area contributed by atoms with Gasteiger partial charge in [-0.2, -0.15) is 0 Å². The maximum absolute atomic E-state index is 11.8. The largest absolute Gasteiger partial charge is 0.506 e. The van der Waals surface area contributed by atoms with E-state index in [1.54, 1.807) is 14.0 Å².